The Bertz CT molecular complexity index is 3200. The number of para-hydroxylation sites is 1. The lowest BCUT2D eigenvalue weighted by atomic mass is 9.23. The van der Waals surface area contributed by atoms with Gasteiger partial charge in [0.15, 0.2) is 0 Å². The van der Waals surface area contributed by atoms with Crippen LogP contribution in [0, 0.1) is 0 Å². The zero-order chi connectivity index (χ0) is 45.5. The number of anilines is 3. The van der Waals surface area contributed by atoms with E-state index in [1.54, 1.807) is 0 Å². The van der Waals surface area contributed by atoms with E-state index in [-0.39, 0.29) is 20.1 Å². The van der Waals surface area contributed by atoms with Gasteiger partial charge in [-0.25, -0.2) is 0 Å². The molecular weight excluding hydrogens is 791 g/mol. The van der Waals surface area contributed by atoms with Gasteiger partial charge in [-0.05, 0) is 145 Å². The minimum Gasteiger partial charge on any atom is -0.314 e. The average Bonchev–Trinajstić information content (AvgIpc) is 3.30. The normalized spacial score (nSPS) is 14.5. The predicted octanol–water partition coefficient (Wildman–Crippen LogP) is 10.7. The Kier molecular flexibility index (Phi) is 8.55. The van der Waals surface area contributed by atoms with Gasteiger partial charge >= 0.3 is 0 Å². The molecular formula is C62H60B3N. The lowest BCUT2D eigenvalue weighted by molar-refractivity contribution is 0.812. The van der Waals surface area contributed by atoms with Crippen LogP contribution < -0.4 is 54.1 Å². The first-order valence-corrected chi connectivity index (χ1v) is 25.4. The van der Waals surface area contributed by atoms with Crippen LogP contribution in [0.1, 0.15) is 152 Å². The summed E-state index contributed by atoms with van der Waals surface area (Å²) < 4.78 is 0. The molecule has 8 aromatic rings. The Labute approximate surface area is 394 Å². The van der Waals surface area contributed by atoms with E-state index in [4.69, 9.17) is 0 Å². The van der Waals surface area contributed by atoms with E-state index in [0.29, 0.717) is 35.5 Å². The summed E-state index contributed by atoms with van der Waals surface area (Å²) in [6.07, 6.45) is 0. The minimum absolute atomic E-state index is 0.0731. The quantitative estimate of drug-likeness (QED) is 0.138. The highest BCUT2D eigenvalue weighted by Crippen LogP contribution is 2.48. The van der Waals surface area contributed by atoms with E-state index in [9.17, 15) is 0 Å². The molecule has 5 aliphatic rings. The molecule has 5 aliphatic heterocycles. The second kappa shape index (κ2) is 13.9. The van der Waals surface area contributed by atoms with Crippen LogP contribution >= 0.6 is 0 Å². The molecule has 0 radical (unpaired) electrons. The van der Waals surface area contributed by atoms with Gasteiger partial charge in [0, 0.05) is 17.1 Å². The summed E-state index contributed by atoms with van der Waals surface area (Å²) >= 11 is 0. The van der Waals surface area contributed by atoms with Crippen LogP contribution in [0.2, 0.25) is 0 Å². The standard InChI is InChI=1S/C62H60B3N/c1-31(2)39-25-45(33(5)6)56(46(26-39)34(7)8)63-49-23-16-24-50-60(49)66-61-51(63)29-37-17-13-19-41-43-21-15-22-44-42-20-14-18-38-30-52(62(66)59(54(38)42)65(55(43)44)58(61)53(37)41)64(50)57-47(35(9)10)27-40(32(3)4)28-48(57)36(11)12/h13-36H,1-12H3. The van der Waals surface area contributed by atoms with E-state index in [2.05, 4.69) is 197 Å². The summed E-state index contributed by atoms with van der Waals surface area (Å²) in [4.78, 5) is 2.87. The van der Waals surface area contributed by atoms with Gasteiger partial charge in [-0.15, -0.1) is 0 Å². The van der Waals surface area contributed by atoms with Crippen molar-refractivity contribution in [2.24, 2.45) is 0 Å². The maximum absolute atomic E-state index is 2.87. The third kappa shape index (κ3) is 5.06. The average molecular weight is 852 g/mol. The molecule has 13 rings (SSSR count). The first-order valence-electron chi connectivity index (χ1n) is 25.4. The summed E-state index contributed by atoms with van der Waals surface area (Å²) in [5, 5.41) is 5.65. The molecule has 0 amide bonds. The Hall–Kier alpha value is -5.73. The van der Waals surface area contributed by atoms with Gasteiger partial charge in [-0.1, -0.05) is 209 Å². The highest BCUT2D eigenvalue weighted by Gasteiger charge is 2.54. The Morgan fingerprint density at radius 2 is 0.682 bits per heavy atom. The second-order valence-corrected chi connectivity index (χ2v) is 22.6. The van der Waals surface area contributed by atoms with Crippen LogP contribution in [0.3, 0.4) is 0 Å². The van der Waals surface area contributed by atoms with E-state index in [1.807, 2.05) is 0 Å². The minimum atomic E-state index is 0.0731. The van der Waals surface area contributed by atoms with Crippen molar-refractivity contribution in [3.05, 3.63) is 143 Å². The van der Waals surface area contributed by atoms with Gasteiger partial charge in [-0.3, -0.25) is 0 Å². The molecule has 0 spiro atoms. The number of fused-ring (bicyclic) bond motifs is 2. The van der Waals surface area contributed by atoms with Gasteiger partial charge in [0.1, 0.15) is 0 Å². The second-order valence-electron chi connectivity index (χ2n) is 22.6. The smallest absolute Gasteiger partial charge is 0.249 e. The number of hydrogen-bond donors (Lipinski definition) is 0. The highest BCUT2D eigenvalue weighted by atomic mass is 15.2. The Balaban J connectivity index is 1.27. The lowest BCUT2D eigenvalue weighted by Crippen LogP contribution is -2.73. The maximum atomic E-state index is 2.87. The van der Waals surface area contributed by atoms with Crippen molar-refractivity contribution in [1.29, 1.82) is 0 Å². The third-order valence-corrected chi connectivity index (χ3v) is 16.9. The van der Waals surface area contributed by atoms with E-state index >= 15 is 0 Å². The number of nitrogens with zero attached hydrogens (tertiary/aromatic N) is 1. The van der Waals surface area contributed by atoms with Crippen LogP contribution in [0.25, 0.3) is 43.8 Å². The zero-order valence-electron chi connectivity index (χ0n) is 41.0. The third-order valence-electron chi connectivity index (χ3n) is 16.9. The molecule has 1 nitrogen and oxygen atoms in total. The molecule has 0 saturated heterocycles. The van der Waals surface area contributed by atoms with Gasteiger partial charge in [-0.2, -0.15) is 0 Å². The largest absolute Gasteiger partial charge is 0.314 e. The van der Waals surface area contributed by atoms with Crippen molar-refractivity contribution in [1.82, 2.24) is 0 Å². The zero-order valence-corrected chi connectivity index (χ0v) is 41.0. The Morgan fingerprint density at radius 3 is 1.06 bits per heavy atom. The van der Waals surface area contributed by atoms with Crippen LogP contribution in [0.5, 0.6) is 0 Å². The topological polar surface area (TPSA) is 3.24 Å². The van der Waals surface area contributed by atoms with Crippen molar-refractivity contribution in [3.8, 4) is 22.3 Å². The molecule has 0 N–H and O–H groups in total. The van der Waals surface area contributed by atoms with Crippen molar-refractivity contribution in [3.63, 3.8) is 0 Å². The maximum Gasteiger partial charge on any atom is 0.249 e. The van der Waals surface area contributed by atoms with E-state index in [1.165, 1.54) is 143 Å². The van der Waals surface area contributed by atoms with E-state index < -0.39 is 0 Å². The number of hydrogen-bond acceptors (Lipinski definition) is 1. The summed E-state index contributed by atoms with van der Waals surface area (Å²) in [7, 11) is 0. The fourth-order valence-corrected chi connectivity index (χ4v) is 14.0. The summed E-state index contributed by atoms with van der Waals surface area (Å²) in [5.74, 6) is 2.39. The molecule has 0 unspecified atom stereocenters. The summed E-state index contributed by atoms with van der Waals surface area (Å²) in [6.45, 7) is 29.3. The highest BCUT2D eigenvalue weighted by molar-refractivity contribution is 7.09. The monoisotopic (exact) mass is 852 g/mol. The first-order chi connectivity index (χ1) is 31.8. The molecule has 0 bridgehead atoms. The number of rotatable bonds is 8. The van der Waals surface area contributed by atoms with Crippen LogP contribution in [0.15, 0.2) is 109 Å². The lowest BCUT2D eigenvalue weighted by Gasteiger charge is -2.52. The summed E-state index contributed by atoms with van der Waals surface area (Å²) in [5.41, 5.74) is 32.4. The summed E-state index contributed by atoms with van der Waals surface area (Å²) in [6, 6.07) is 44.8. The molecule has 5 heterocycles. The predicted molar refractivity (Wildman–Crippen MR) is 292 cm³/mol. The molecule has 322 valence electrons. The first kappa shape index (κ1) is 40.5. The molecule has 0 fully saturated rings. The van der Waals surface area contributed by atoms with Gasteiger partial charge < -0.3 is 4.90 Å². The fourth-order valence-electron chi connectivity index (χ4n) is 14.0. The molecule has 0 aromatic heterocycles. The molecule has 8 aromatic carbocycles. The van der Waals surface area contributed by atoms with Crippen molar-refractivity contribution in [2.45, 2.75) is 119 Å². The van der Waals surface area contributed by atoms with Gasteiger partial charge in [0.25, 0.3) is 0 Å². The van der Waals surface area contributed by atoms with Gasteiger partial charge in [0.05, 0.1) is 0 Å². The SMILES string of the molecule is CC(C)c1cc(C(C)C)c(B2c3cccc4c3N3c5c2cc2cccc6c2c5B2c5c-6cccc5-c5cccc6cc(c3c2c56)B4c2c(C(C)C)cc(C(C)C)cc2C(C)C)c(C(C)C)c1. The van der Waals surface area contributed by atoms with Crippen LogP contribution in [-0.4, -0.2) is 20.1 Å². The van der Waals surface area contributed by atoms with Crippen molar-refractivity contribution < 1.29 is 0 Å². The van der Waals surface area contributed by atoms with Gasteiger partial charge in [0.2, 0.25) is 20.1 Å². The van der Waals surface area contributed by atoms with Crippen molar-refractivity contribution >= 4 is 108 Å². The van der Waals surface area contributed by atoms with Crippen LogP contribution in [0.4, 0.5) is 17.1 Å². The molecule has 0 aliphatic carbocycles. The molecule has 0 atom stereocenters. The molecule has 66 heavy (non-hydrogen) atoms. The molecule has 0 saturated carbocycles. The molecule has 4 heteroatoms. The van der Waals surface area contributed by atoms with Crippen LogP contribution in [-0.2, 0) is 0 Å². The Morgan fingerprint density at radius 1 is 0.318 bits per heavy atom. The van der Waals surface area contributed by atoms with E-state index in [0.717, 1.165) is 0 Å². The fraction of sp³-hybridized carbons (Fsp3) is 0.290. The van der Waals surface area contributed by atoms with Crippen molar-refractivity contribution in [2.75, 3.05) is 4.90 Å². The number of benzene rings is 8.